The first kappa shape index (κ1) is 9.10. The van der Waals surface area contributed by atoms with E-state index in [-0.39, 0.29) is 5.41 Å². The third kappa shape index (κ3) is 2.00. The molecule has 1 heterocycles. The van der Waals surface area contributed by atoms with E-state index in [1.165, 1.54) is 0 Å². The lowest BCUT2D eigenvalue weighted by molar-refractivity contribution is 0.304. The first-order valence-corrected chi connectivity index (χ1v) is 4.09. The summed E-state index contributed by atoms with van der Waals surface area (Å²) in [7, 11) is 1.62. The van der Waals surface area contributed by atoms with Gasteiger partial charge in [0.2, 0.25) is 0 Å². The van der Waals surface area contributed by atoms with Gasteiger partial charge in [0.25, 0.3) is 6.02 Å². The summed E-state index contributed by atoms with van der Waals surface area (Å²) in [6, 6.07) is 0.891. The van der Waals surface area contributed by atoms with Gasteiger partial charge in [-0.3, -0.25) is 0 Å². The lowest BCUT2D eigenvalue weighted by Crippen LogP contribution is -2.44. The zero-order chi connectivity index (χ0) is 9.19. The molecule has 1 atom stereocenters. The number of rotatable bonds is 0. The molecule has 1 rings (SSSR count). The van der Waals surface area contributed by atoms with Crippen molar-refractivity contribution in [3.8, 4) is 0 Å². The molecule has 0 fully saturated rings. The number of hydrogen-bond acceptors (Lipinski definition) is 3. The normalized spacial score (nSPS) is 23.0. The summed E-state index contributed by atoms with van der Waals surface area (Å²) in [4.78, 5) is 4.01. The van der Waals surface area contributed by atoms with Gasteiger partial charge in [-0.2, -0.15) is 0 Å². The molecule has 0 saturated carbocycles. The Hall–Kier alpha value is -0.990. The predicted molar refractivity (Wildman–Crippen MR) is 50.0 cm³/mol. The Labute approximate surface area is 73.5 Å². The maximum Gasteiger partial charge on any atom is 0.289 e. The molecule has 0 radical (unpaired) electrons. The molecule has 0 bridgehead atoms. The molecular formula is C9H16N2O. The highest BCUT2D eigenvalue weighted by atomic mass is 16.5. The van der Waals surface area contributed by atoms with E-state index in [4.69, 9.17) is 4.74 Å². The first-order chi connectivity index (χ1) is 5.54. The summed E-state index contributed by atoms with van der Waals surface area (Å²) < 4.78 is 5.00. The van der Waals surface area contributed by atoms with E-state index in [1.54, 1.807) is 13.3 Å². The van der Waals surface area contributed by atoms with E-state index in [0.717, 1.165) is 0 Å². The molecule has 0 saturated heterocycles. The predicted octanol–water partition coefficient (Wildman–Crippen LogP) is 1.52. The van der Waals surface area contributed by atoms with Gasteiger partial charge in [-0.25, -0.2) is 4.99 Å². The van der Waals surface area contributed by atoms with Crippen molar-refractivity contribution in [2.75, 3.05) is 7.11 Å². The third-order valence-electron chi connectivity index (χ3n) is 1.88. The Morgan fingerprint density at radius 2 is 2.17 bits per heavy atom. The van der Waals surface area contributed by atoms with Crippen LogP contribution in [0.25, 0.3) is 0 Å². The van der Waals surface area contributed by atoms with Crippen molar-refractivity contribution >= 4 is 6.02 Å². The lowest BCUT2D eigenvalue weighted by Gasteiger charge is -2.30. The van der Waals surface area contributed by atoms with Gasteiger partial charge in [0.15, 0.2) is 0 Å². The molecule has 1 aliphatic rings. The maximum atomic E-state index is 5.00. The molecule has 0 amide bonds. The Kier molecular flexibility index (Phi) is 2.40. The molecule has 12 heavy (non-hydrogen) atoms. The van der Waals surface area contributed by atoms with Crippen molar-refractivity contribution in [1.29, 1.82) is 0 Å². The van der Waals surface area contributed by atoms with Crippen LogP contribution in [0.3, 0.4) is 0 Å². The fourth-order valence-electron chi connectivity index (χ4n) is 1.03. The SMILES string of the molecule is COC1=NC=CC(C(C)(C)C)N1. The number of amidine groups is 1. The van der Waals surface area contributed by atoms with Crippen LogP contribution >= 0.6 is 0 Å². The summed E-state index contributed by atoms with van der Waals surface area (Å²) in [5.74, 6) is 0. The van der Waals surface area contributed by atoms with E-state index < -0.39 is 0 Å². The molecule has 0 spiro atoms. The molecule has 0 aliphatic carbocycles. The van der Waals surface area contributed by atoms with Crippen LogP contribution in [0, 0.1) is 5.41 Å². The van der Waals surface area contributed by atoms with E-state index in [0.29, 0.717) is 12.1 Å². The third-order valence-corrected chi connectivity index (χ3v) is 1.88. The van der Waals surface area contributed by atoms with Crippen LogP contribution in [0.5, 0.6) is 0 Å². The fourth-order valence-corrected chi connectivity index (χ4v) is 1.03. The molecule has 0 aromatic carbocycles. The highest BCUT2D eigenvalue weighted by Crippen LogP contribution is 2.21. The van der Waals surface area contributed by atoms with Crippen molar-refractivity contribution in [2.24, 2.45) is 10.4 Å². The number of ether oxygens (including phenoxy) is 1. The Morgan fingerprint density at radius 3 is 2.67 bits per heavy atom. The van der Waals surface area contributed by atoms with Crippen molar-refractivity contribution < 1.29 is 4.74 Å². The number of aliphatic imine (C=N–C) groups is 1. The maximum absolute atomic E-state index is 5.00. The summed E-state index contributed by atoms with van der Waals surface area (Å²) in [6.45, 7) is 6.52. The van der Waals surface area contributed by atoms with E-state index in [1.807, 2.05) is 6.08 Å². The highest BCUT2D eigenvalue weighted by Gasteiger charge is 2.24. The van der Waals surface area contributed by atoms with Gasteiger partial charge >= 0.3 is 0 Å². The number of nitrogens with one attached hydrogen (secondary N) is 1. The summed E-state index contributed by atoms with van der Waals surface area (Å²) in [6.07, 6.45) is 3.83. The Bertz CT molecular complexity index is 213. The topological polar surface area (TPSA) is 33.6 Å². The smallest absolute Gasteiger partial charge is 0.289 e. The zero-order valence-electron chi connectivity index (χ0n) is 8.09. The lowest BCUT2D eigenvalue weighted by atomic mass is 9.86. The second kappa shape index (κ2) is 3.17. The van der Waals surface area contributed by atoms with Crippen molar-refractivity contribution in [1.82, 2.24) is 5.32 Å². The second-order valence-electron chi connectivity index (χ2n) is 3.97. The number of hydrogen-bond donors (Lipinski definition) is 1. The molecule has 0 aromatic rings. The minimum absolute atomic E-state index is 0.191. The van der Waals surface area contributed by atoms with Crippen LogP contribution in [0.2, 0.25) is 0 Å². The van der Waals surface area contributed by atoms with Gasteiger partial charge in [-0.1, -0.05) is 20.8 Å². The minimum Gasteiger partial charge on any atom is -0.468 e. The minimum atomic E-state index is 0.191. The Balaban J connectivity index is 2.65. The second-order valence-corrected chi connectivity index (χ2v) is 3.97. The molecular weight excluding hydrogens is 152 g/mol. The van der Waals surface area contributed by atoms with E-state index >= 15 is 0 Å². The molecule has 3 nitrogen and oxygen atoms in total. The van der Waals surface area contributed by atoms with Crippen LogP contribution in [0.4, 0.5) is 0 Å². The van der Waals surface area contributed by atoms with Crippen LogP contribution in [-0.4, -0.2) is 19.2 Å². The molecule has 68 valence electrons. The average molecular weight is 168 g/mol. The standard InChI is InChI=1S/C9H16N2O/c1-9(2,3)7-5-6-10-8(11-7)12-4/h5-7H,1-4H3,(H,10,11). The van der Waals surface area contributed by atoms with Gasteiger partial charge in [-0.15, -0.1) is 0 Å². The van der Waals surface area contributed by atoms with Crippen LogP contribution < -0.4 is 5.32 Å². The monoisotopic (exact) mass is 168 g/mol. The van der Waals surface area contributed by atoms with Crippen LogP contribution in [0.1, 0.15) is 20.8 Å². The van der Waals surface area contributed by atoms with Crippen molar-refractivity contribution in [2.45, 2.75) is 26.8 Å². The van der Waals surface area contributed by atoms with Gasteiger partial charge in [0.1, 0.15) is 0 Å². The number of methoxy groups -OCH3 is 1. The quantitative estimate of drug-likeness (QED) is 0.595. The first-order valence-electron chi connectivity index (χ1n) is 4.09. The summed E-state index contributed by atoms with van der Waals surface area (Å²) in [5, 5.41) is 3.18. The zero-order valence-corrected chi connectivity index (χ0v) is 8.09. The molecule has 1 aliphatic heterocycles. The van der Waals surface area contributed by atoms with Gasteiger partial charge in [-0.05, 0) is 11.5 Å². The van der Waals surface area contributed by atoms with Gasteiger partial charge < -0.3 is 10.1 Å². The molecule has 0 aromatic heterocycles. The van der Waals surface area contributed by atoms with Crippen LogP contribution in [-0.2, 0) is 4.74 Å². The van der Waals surface area contributed by atoms with Gasteiger partial charge in [0, 0.05) is 6.20 Å². The highest BCUT2D eigenvalue weighted by molar-refractivity contribution is 5.75. The van der Waals surface area contributed by atoms with Gasteiger partial charge in [0.05, 0.1) is 13.2 Å². The summed E-state index contributed by atoms with van der Waals surface area (Å²) in [5.41, 5.74) is 0.191. The fraction of sp³-hybridized carbons (Fsp3) is 0.667. The van der Waals surface area contributed by atoms with Crippen molar-refractivity contribution in [3.05, 3.63) is 12.3 Å². The largest absolute Gasteiger partial charge is 0.468 e. The van der Waals surface area contributed by atoms with Crippen molar-refractivity contribution in [3.63, 3.8) is 0 Å². The molecule has 3 heteroatoms. The average Bonchev–Trinajstić information content (AvgIpc) is 2.03. The molecule has 1 unspecified atom stereocenters. The number of nitrogens with zero attached hydrogens (tertiary/aromatic N) is 1. The summed E-state index contributed by atoms with van der Waals surface area (Å²) >= 11 is 0. The molecule has 1 N–H and O–H groups in total. The van der Waals surface area contributed by atoms with E-state index in [2.05, 4.69) is 31.1 Å². The Morgan fingerprint density at radius 1 is 1.50 bits per heavy atom. The van der Waals surface area contributed by atoms with Crippen LogP contribution in [0.15, 0.2) is 17.3 Å². The van der Waals surface area contributed by atoms with E-state index in [9.17, 15) is 0 Å².